The number of hydrogen-bond donors (Lipinski definition) is 1. The van der Waals surface area contributed by atoms with E-state index in [4.69, 9.17) is 4.99 Å². The molecule has 27 heavy (non-hydrogen) atoms. The van der Waals surface area contributed by atoms with E-state index in [1.807, 2.05) is 36.6 Å². The summed E-state index contributed by atoms with van der Waals surface area (Å²) >= 11 is 0. The van der Waals surface area contributed by atoms with Crippen molar-refractivity contribution in [1.29, 1.82) is 0 Å². The molecule has 1 aromatic heterocycles. The lowest BCUT2D eigenvalue weighted by Gasteiger charge is -2.45. The molecule has 0 fully saturated rings. The Labute approximate surface area is 159 Å². The van der Waals surface area contributed by atoms with Gasteiger partial charge >= 0.3 is 0 Å². The minimum absolute atomic E-state index is 0.0421. The molecule has 0 unspecified atom stereocenters. The largest absolute Gasteiger partial charge is 0.326 e. The van der Waals surface area contributed by atoms with Crippen LogP contribution >= 0.6 is 0 Å². The zero-order chi connectivity index (χ0) is 18.9. The third kappa shape index (κ3) is 3.14. The lowest BCUT2D eigenvalue weighted by molar-refractivity contribution is 0.413. The number of aliphatic imine (C=N–C) groups is 1. The van der Waals surface area contributed by atoms with E-state index in [2.05, 4.69) is 49.2 Å². The first-order chi connectivity index (χ1) is 13.1. The van der Waals surface area contributed by atoms with E-state index < -0.39 is 5.54 Å². The number of aromatic amines is 1. The molecule has 0 saturated heterocycles. The van der Waals surface area contributed by atoms with Gasteiger partial charge in [-0.05, 0) is 43.5 Å². The zero-order valence-corrected chi connectivity index (χ0v) is 15.8. The summed E-state index contributed by atoms with van der Waals surface area (Å²) in [6, 6.07) is 13.8. The van der Waals surface area contributed by atoms with Crippen LogP contribution in [0.3, 0.4) is 0 Å². The maximum Gasteiger partial charge on any atom is 0.248 e. The zero-order valence-electron chi connectivity index (χ0n) is 15.8. The number of H-pyrrole nitrogens is 1. The van der Waals surface area contributed by atoms with E-state index in [0.717, 1.165) is 29.7 Å². The Kier molecular flexibility index (Phi) is 4.53. The monoisotopic (exact) mass is 356 g/mol. The van der Waals surface area contributed by atoms with Crippen molar-refractivity contribution in [2.45, 2.75) is 32.2 Å². The average molecular weight is 356 g/mol. The lowest BCUT2D eigenvalue weighted by Crippen LogP contribution is -2.40. The highest BCUT2D eigenvalue weighted by atomic mass is 16.1. The van der Waals surface area contributed by atoms with Gasteiger partial charge in [0, 0.05) is 35.9 Å². The van der Waals surface area contributed by atoms with Crippen LogP contribution in [0.5, 0.6) is 0 Å². The molecule has 3 nitrogen and oxygen atoms in total. The molecule has 0 aliphatic heterocycles. The lowest BCUT2D eigenvalue weighted by atomic mass is 9.63. The fraction of sp³-hybridized carbons (Fsp3) is 0.250. The van der Waals surface area contributed by atoms with Crippen molar-refractivity contribution in [2.24, 2.45) is 10.9 Å². The topological polar surface area (TPSA) is 45.2 Å². The van der Waals surface area contributed by atoms with Crippen molar-refractivity contribution in [3.8, 4) is 0 Å². The summed E-state index contributed by atoms with van der Waals surface area (Å²) in [5.41, 5.74) is 5.52. The first-order valence-corrected chi connectivity index (χ1v) is 9.46. The van der Waals surface area contributed by atoms with Crippen LogP contribution in [-0.2, 0) is 12.0 Å². The number of pyridine rings is 1. The Hall–Kier alpha value is -2.94. The molecule has 0 radical (unpaired) electrons. The summed E-state index contributed by atoms with van der Waals surface area (Å²) in [5.74, 6) is 0.296. The molecule has 0 amide bonds. The van der Waals surface area contributed by atoms with Crippen LogP contribution in [0.25, 0.3) is 6.08 Å². The molecular formula is C24H24N2O. The Morgan fingerprint density at radius 1 is 1.19 bits per heavy atom. The van der Waals surface area contributed by atoms with Gasteiger partial charge in [0.2, 0.25) is 5.56 Å². The van der Waals surface area contributed by atoms with E-state index in [-0.39, 0.29) is 5.56 Å². The smallest absolute Gasteiger partial charge is 0.248 e. The molecule has 2 atom stereocenters. The second-order valence-electron chi connectivity index (χ2n) is 7.37. The number of nitrogens with one attached hydrogen (secondary N) is 1. The van der Waals surface area contributed by atoms with Crippen molar-refractivity contribution in [3.63, 3.8) is 0 Å². The van der Waals surface area contributed by atoms with E-state index in [1.165, 1.54) is 11.1 Å². The minimum Gasteiger partial charge on any atom is -0.326 e. The van der Waals surface area contributed by atoms with Gasteiger partial charge in [-0.25, -0.2) is 0 Å². The molecule has 136 valence electrons. The first-order valence-electron chi connectivity index (χ1n) is 9.46. The minimum atomic E-state index is -0.420. The highest BCUT2D eigenvalue weighted by Gasteiger charge is 2.46. The Balaban J connectivity index is 1.79. The predicted molar refractivity (Wildman–Crippen MR) is 112 cm³/mol. The van der Waals surface area contributed by atoms with Crippen LogP contribution in [0.15, 0.2) is 81.6 Å². The van der Waals surface area contributed by atoms with Gasteiger partial charge in [0.1, 0.15) is 5.54 Å². The molecule has 0 saturated carbocycles. The van der Waals surface area contributed by atoms with Crippen molar-refractivity contribution in [1.82, 2.24) is 4.98 Å². The molecule has 2 aromatic rings. The molecule has 1 heterocycles. The number of allylic oxidation sites excluding steroid dienone is 3. The summed E-state index contributed by atoms with van der Waals surface area (Å²) in [6.45, 7) is 4.28. The maximum absolute atomic E-state index is 11.9. The normalized spacial score (nSPS) is 25.8. The number of hydrogen-bond acceptors (Lipinski definition) is 2. The molecule has 2 bridgehead atoms. The van der Waals surface area contributed by atoms with Gasteiger partial charge in [0.25, 0.3) is 0 Å². The highest BCUT2D eigenvalue weighted by Crippen LogP contribution is 2.51. The van der Waals surface area contributed by atoms with Crippen molar-refractivity contribution in [2.75, 3.05) is 0 Å². The van der Waals surface area contributed by atoms with Crippen LogP contribution < -0.4 is 5.56 Å². The summed E-state index contributed by atoms with van der Waals surface area (Å²) in [6.07, 6.45) is 12.2. The first kappa shape index (κ1) is 17.5. The second kappa shape index (κ2) is 6.99. The van der Waals surface area contributed by atoms with Crippen molar-refractivity contribution < 1.29 is 0 Å². The van der Waals surface area contributed by atoms with E-state index >= 15 is 0 Å². The van der Waals surface area contributed by atoms with Crippen LogP contribution in [0.2, 0.25) is 0 Å². The van der Waals surface area contributed by atoms with Crippen molar-refractivity contribution >= 4 is 12.3 Å². The van der Waals surface area contributed by atoms with Gasteiger partial charge in [-0.1, -0.05) is 54.1 Å². The summed E-state index contributed by atoms with van der Waals surface area (Å²) in [7, 11) is 0. The summed E-state index contributed by atoms with van der Waals surface area (Å²) < 4.78 is 0. The van der Waals surface area contributed by atoms with Gasteiger partial charge in [-0.3, -0.25) is 9.79 Å². The Morgan fingerprint density at radius 2 is 2.00 bits per heavy atom. The molecular weight excluding hydrogens is 332 g/mol. The SMILES string of the molecule is C/C=C1\[C@H]2C=C(C)C[C@]1(N=CC=Cc1ccccc1)c1ccc(=O)[nH]c1C2. The molecule has 2 aliphatic rings. The average Bonchev–Trinajstić information content (AvgIpc) is 2.65. The fourth-order valence-electron chi connectivity index (χ4n) is 4.54. The third-order valence-corrected chi connectivity index (χ3v) is 5.55. The number of aromatic nitrogens is 1. The fourth-order valence-corrected chi connectivity index (χ4v) is 4.54. The Morgan fingerprint density at radius 3 is 2.78 bits per heavy atom. The van der Waals surface area contributed by atoms with E-state index in [1.54, 1.807) is 6.07 Å². The van der Waals surface area contributed by atoms with Gasteiger partial charge in [0.15, 0.2) is 0 Å². The highest BCUT2D eigenvalue weighted by molar-refractivity contribution is 5.79. The molecule has 1 N–H and O–H groups in total. The quantitative estimate of drug-likeness (QED) is 0.622. The van der Waals surface area contributed by atoms with Crippen LogP contribution in [0.4, 0.5) is 0 Å². The maximum atomic E-state index is 11.9. The predicted octanol–water partition coefficient (Wildman–Crippen LogP) is 4.82. The van der Waals surface area contributed by atoms with E-state index in [0.29, 0.717) is 5.92 Å². The summed E-state index contributed by atoms with van der Waals surface area (Å²) in [5, 5.41) is 0. The Bertz CT molecular complexity index is 1020. The third-order valence-electron chi connectivity index (χ3n) is 5.55. The standard InChI is InChI=1S/C24H24N2O/c1-3-20-19-14-17(2)16-24(20,21-11-12-23(27)26-22(21)15-19)25-13-7-10-18-8-5-4-6-9-18/h3-14,19H,15-16H2,1-2H3,(H,26,27)/b10-7?,20-3+,25-13?/t19-,24+/m0/s1. The van der Waals surface area contributed by atoms with Crippen LogP contribution in [0, 0.1) is 5.92 Å². The molecule has 2 aliphatic carbocycles. The van der Waals surface area contributed by atoms with Gasteiger partial charge in [-0.15, -0.1) is 0 Å². The number of nitrogens with zero attached hydrogens (tertiary/aromatic N) is 1. The van der Waals surface area contributed by atoms with Gasteiger partial charge in [0.05, 0.1) is 0 Å². The van der Waals surface area contributed by atoms with Crippen molar-refractivity contribution in [3.05, 3.63) is 99.0 Å². The van der Waals surface area contributed by atoms with E-state index in [9.17, 15) is 4.79 Å². The van der Waals surface area contributed by atoms with Gasteiger partial charge < -0.3 is 4.98 Å². The molecule has 1 aromatic carbocycles. The number of fused-ring (bicyclic) bond motifs is 4. The molecule has 4 rings (SSSR count). The van der Waals surface area contributed by atoms with Crippen LogP contribution in [0.1, 0.15) is 37.1 Å². The van der Waals surface area contributed by atoms with Crippen LogP contribution in [-0.4, -0.2) is 11.2 Å². The number of benzene rings is 1. The van der Waals surface area contributed by atoms with Gasteiger partial charge in [-0.2, -0.15) is 0 Å². The molecule has 0 spiro atoms. The molecule has 3 heteroatoms. The summed E-state index contributed by atoms with van der Waals surface area (Å²) in [4.78, 5) is 20.0. The second-order valence-corrected chi connectivity index (χ2v) is 7.37. The number of rotatable bonds is 3.